The Kier molecular flexibility index (Phi) is 8.85. The van der Waals surface area contributed by atoms with Crippen molar-refractivity contribution in [3.63, 3.8) is 0 Å². The van der Waals surface area contributed by atoms with Gasteiger partial charge in [0.2, 0.25) is 0 Å². The van der Waals surface area contributed by atoms with Crippen LogP contribution in [0.25, 0.3) is 0 Å². The summed E-state index contributed by atoms with van der Waals surface area (Å²) in [5.74, 6) is 1.15. The second kappa shape index (κ2) is 9.82. The summed E-state index contributed by atoms with van der Waals surface area (Å²) in [5.41, 5.74) is 1.33. The summed E-state index contributed by atoms with van der Waals surface area (Å²) in [6, 6.07) is 7.11. The molecule has 0 aliphatic carbocycles. The minimum Gasteiger partial charge on any atom is -0.310 e. The molecule has 0 saturated carbocycles. The molecule has 4 heteroatoms. The van der Waals surface area contributed by atoms with Gasteiger partial charge >= 0.3 is 0 Å². The fourth-order valence-corrected chi connectivity index (χ4v) is 4.02. The minimum absolute atomic E-state index is 0.393. The lowest BCUT2D eigenvalue weighted by molar-refractivity contribution is 0.324. The van der Waals surface area contributed by atoms with Gasteiger partial charge < -0.3 is 10.2 Å². The van der Waals surface area contributed by atoms with Gasteiger partial charge in [-0.2, -0.15) is 0 Å². The lowest BCUT2D eigenvalue weighted by atomic mass is 10.1. The van der Waals surface area contributed by atoms with E-state index in [0.717, 1.165) is 31.9 Å². The molecule has 1 aromatic rings. The lowest BCUT2D eigenvalue weighted by Gasteiger charge is -2.18. The van der Waals surface area contributed by atoms with Crippen LogP contribution in [0, 0.1) is 0 Å². The molecule has 2 nitrogen and oxygen atoms in total. The molecule has 0 aliphatic rings. The molecule has 0 aromatic heterocycles. The van der Waals surface area contributed by atoms with Crippen molar-refractivity contribution >= 4 is 27.7 Å². The molecule has 0 aliphatic heterocycles. The summed E-state index contributed by atoms with van der Waals surface area (Å²) in [4.78, 5) is 3.81. The van der Waals surface area contributed by atoms with E-state index in [4.69, 9.17) is 0 Å². The average molecular weight is 359 g/mol. The maximum Gasteiger partial charge on any atom is 0.0302 e. The van der Waals surface area contributed by atoms with Gasteiger partial charge in [-0.25, -0.2) is 0 Å². The van der Waals surface area contributed by atoms with Crippen molar-refractivity contribution < 1.29 is 0 Å². The summed E-state index contributed by atoms with van der Waals surface area (Å²) >= 11 is 5.64. The highest BCUT2D eigenvalue weighted by Gasteiger charge is 2.09. The molecule has 0 amide bonds. The van der Waals surface area contributed by atoms with Crippen LogP contribution in [0.5, 0.6) is 0 Å². The summed E-state index contributed by atoms with van der Waals surface area (Å²) in [7, 11) is 0. The lowest BCUT2D eigenvalue weighted by Crippen LogP contribution is -2.25. The Bertz CT molecular complexity index is 394. The van der Waals surface area contributed by atoms with Gasteiger partial charge in [0, 0.05) is 27.7 Å². The molecule has 0 bridgehead atoms. The zero-order chi connectivity index (χ0) is 15.0. The second-order valence-electron chi connectivity index (χ2n) is 4.84. The van der Waals surface area contributed by atoms with Crippen molar-refractivity contribution in [3.05, 3.63) is 28.2 Å². The van der Waals surface area contributed by atoms with E-state index in [-0.39, 0.29) is 0 Å². The van der Waals surface area contributed by atoms with Crippen molar-refractivity contribution in [1.82, 2.24) is 10.2 Å². The SMILES string of the molecule is CCNC(C)c1ccc(SCCN(CC)CC)cc1Br. The molecule has 0 radical (unpaired) electrons. The maximum absolute atomic E-state index is 3.70. The standard InChI is InChI=1S/C16H27BrN2S/c1-5-18-13(4)15-9-8-14(12-16(15)17)20-11-10-19(6-2)7-3/h8-9,12-13,18H,5-7,10-11H2,1-4H3. The Hall–Kier alpha value is -0.0300. The number of halogens is 1. The average Bonchev–Trinajstić information content (AvgIpc) is 2.44. The number of benzene rings is 1. The number of rotatable bonds is 9. The highest BCUT2D eigenvalue weighted by atomic mass is 79.9. The third kappa shape index (κ3) is 5.76. The van der Waals surface area contributed by atoms with Crippen LogP contribution in [0.15, 0.2) is 27.6 Å². The topological polar surface area (TPSA) is 15.3 Å². The molecule has 20 heavy (non-hydrogen) atoms. The van der Waals surface area contributed by atoms with Crippen LogP contribution in [-0.4, -0.2) is 36.8 Å². The number of hydrogen-bond acceptors (Lipinski definition) is 3. The van der Waals surface area contributed by atoms with E-state index in [1.54, 1.807) is 0 Å². The van der Waals surface area contributed by atoms with Crippen LogP contribution >= 0.6 is 27.7 Å². The Balaban J connectivity index is 2.55. The van der Waals surface area contributed by atoms with Crippen molar-refractivity contribution in [2.45, 2.75) is 38.6 Å². The van der Waals surface area contributed by atoms with Crippen LogP contribution in [0.4, 0.5) is 0 Å². The molecule has 0 spiro atoms. The summed E-state index contributed by atoms with van der Waals surface area (Å²) in [6.45, 7) is 13.2. The van der Waals surface area contributed by atoms with Gasteiger partial charge in [0.15, 0.2) is 0 Å². The third-order valence-electron chi connectivity index (χ3n) is 3.52. The van der Waals surface area contributed by atoms with Gasteiger partial charge in [-0.05, 0) is 44.3 Å². The number of nitrogens with zero attached hydrogens (tertiary/aromatic N) is 1. The van der Waals surface area contributed by atoms with Gasteiger partial charge in [-0.3, -0.25) is 0 Å². The van der Waals surface area contributed by atoms with Crippen molar-refractivity contribution in [2.75, 3.05) is 31.9 Å². The highest BCUT2D eigenvalue weighted by Crippen LogP contribution is 2.28. The van der Waals surface area contributed by atoms with Crippen molar-refractivity contribution in [2.24, 2.45) is 0 Å². The molecule has 1 aromatic carbocycles. The van der Waals surface area contributed by atoms with Crippen molar-refractivity contribution in [3.8, 4) is 0 Å². The van der Waals surface area contributed by atoms with Crippen LogP contribution in [0.1, 0.15) is 39.3 Å². The zero-order valence-electron chi connectivity index (χ0n) is 13.1. The Morgan fingerprint density at radius 3 is 2.50 bits per heavy atom. The quantitative estimate of drug-likeness (QED) is 0.651. The highest BCUT2D eigenvalue weighted by molar-refractivity contribution is 9.10. The Morgan fingerprint density at radius 2 is 1.95 bits per heavy atom. The van der Waals surface area contributed by atoms with Crippen molar-refractivity contribution in [1.29, 1.82) is 0 Å². The van der Waals surface area contributed by atoms with Gasteiger partial charge in [0.1, 0.15) is 0 Å². The first kappa shape index (κ1) is 18.0. The Morgan fingerprint density at radius 1 is 1.25 bits per heavy atom. The van der Waals surface area contributed by atoms with E-state index >= 15 is 0 Å². The molecule has 0 fully saturated rings. The summed E-state index contributed by atoms with van der Waals surface area (Å²) in [5, 5.41) is 3.45. The fraction of sp³-hybridized carbons (Fsp3) is 0.625. The first-order valence-electron chi connectivity index (χ1n) is 7.50. The summed E-state index contributed by atoms with van der Waals surface area (Å²) in [6.07, 6.45) is 0. The third-order valence-corrected chi connectivity index (χ3v) is 5.18. The molecule has 0 saturated heterocycles. The molecule has 0 heterocycles. The predicted octanol–water partition coefficient (Wildman–Crippen LogP) is 4.55. The normalized spacial score (nSPS) is 12.9. The second-order valence-corrected chi connectivity index (χ2v) is 6.86. The van der Waals surface area contributed by atoms with Crippen LogP contribution in [-0.2, 0) is 0 Å². The first-order valence-corrected chi connectivity index (χ1v) is 9.28. The molecular formula is C16H27BrN2S. The number of nitrogens with one attached hydrogen (secondary N) is 1. The van der Waals surface area contributed by atoms with E-state index < -0.39 is 0 Å². The van der Waals surface area contributed by atoms with Crippen LogP contribution in [0.2, 0.25) is 0 Å². The summed E-state index contributed by atoms with van der Waals surface area (Å²) < 4.78 is 1.21. The largest absolute Gasteiger partial charge is 0.310 e. The zero-order valence-corrected chi connectivity index (χ0v) is 15.5. The monoisotopic (exact) mass is 358 g/mol. The fourth-order valence-electron chi connectivity index (χ4n) is 2.20. The van der Waals surface area contributed by atoms with Gasteiger partial charge in [0.05, 0.1) is 0 Å². The molecular weight excluding hydrogens is 332 g/mol. The number of thioether (sulfide) groups is 1. The van der Waals surface area contributed by atoms with Gasteiger partial charge in [-0.15, -0.1) is 11.8 Å². The Labute approximate surface area is 136 Å². The minimum atomic E-state index is 0.393. The van der Waals surface area contributed by atoms with E-state index in [0.29, 0.717) is 6.04 Å². The number of hydrogen-bond donors (Lipinski definition) is 1. The maximum atomic E-state index is 3.70. The molecule has 1 atom stereocenters. The molecule has 114 valence electrons. The van der Waals surface area contributed by atoms with E-state index in [1.807, 2.05) is 11.8 Å². The van der Waals surface area contributed by atoms with Gasteiger partial charge in [-0.1, -0.05) is 42.8 Å². The van der Waals surface area contributed by atoms with E-state index in [1.165, 1.54) is 14.9 Å². The molecule has 1 N–H and O–H groups in total. The smallest absolute Gasteiger partial charge is 0.0302 e. The van der Waals surface area contributed by atoms with E-state index in [9.17, 15) is 0 Å². The van der Waals surface area contributed by atoms with E-state index in [2.05, 4.69) is 72.0 Å². The van der Waals surface area contributed by atoms with Crippen LogP contribution in [0.3, 0.4) is 0 Å². The molecule has 1 rings (SSSR count). The molecule has 1 unspecified atom stereocenters. The van der Waals surface area contributed by atoms with Crippen LogP contribution < -0.4 is 5.32 Å². The first-order chi connectivity index (χ1) is 9.62. The van der Waals surface area contributed by atoms with Gasteiger partial charge in [0.25, 0.3) is 0 Å². The predicted molar refractivity (Wildman–Crippen MR) is 94.7 cm³/mol.